The second-order valence-corrected chi connectivity index (χ2v) is 7.35. The lowest BCUT2D eigenvalue weighted by atomic mass is 10.1. The summed E-state index contributed by atoms with van der Waals surface area (Å²) in [5, 5.41) is -0.297. The molecule has 4 aromatic rings. The first-order valence-electron chi connectivity index (χ1n) is 9.83. The van der Waals surface area contributed by atoms with Gasteiger partial charge in [-0.05, 0) is 37.6 Å². The van der Waals surface area contributed by atoms with Gasteiger partial charge < -0.3 is 18.6 Å². The molecule has 0 fully saturated rings. The molecule has 0 saturated carbocycles. The first-order chi connectivity index (χ1) is 15.7. The maximum Gasteiger partial charge on any atom is 0.573 e. The Morgan fingerprint density at radius 3 is 2.58 bits per heavy atom. The summed E-state index contributed by atoms with van der Waals surface area (Å²) in [7, 11) is 0. The fourth-order valence-electron chi connectivity index (χ4n) is 2.88. The molecule has 0 saturated heterocycles. The highest BCUT2D eigenvalue weighted by Gasteiger charge is 2.32. The number of aromatic nitrogens is 3. The smallest absolute Gasteiger partial charge is 0.476 e. The summed E-state index contributed by atoms with van der Waals surface area (Å²) in [5.41, 5.74) is 2.23. The van der Waals surface area contributed by atoms with E-state index in [0.717, 1.165) is 29.7 Å². The van der Waals surface area contributed by atoms with Crippen molar-refractivity contribution in [3.05, 3.63) is 53.1 Å². The Bertz CT molecular complexity index is 1290. The van der Waals surface area contributed by atoms with Gasteiger partial charge in [0.25, 0.3) is 11.6 Å². The second kappa shape index (κ2) is 9.14. The van der Waals surface area contributed by atoms with Crippen LogP contribution < -0.4 is 14.2 Å². The van der Waals surface area contributed by atoms with Gasteiger partial charge in [0.05, 0.1) is 11.6 Å². The fourth-order valence-corrected chi connectivity index (χ4v) is 3.09. The van der Waals surface area contributed by atoms with E-state index in [1.54, 1.807) is 0 Å². The summed E-state index contributed by atoms with van der Waals surface area (Å²) < 4.78 is 58.3. The Hall–Kier alpha value is -3.53. The van der Waals surface area contributed by atoms with Gasteiger partial charge in [-0.25, -0.2) is 4.98 Å². The molecule has 2 aromatic heterocycles. The van der Waals surface area contributed by atoms with Gasteiger partial charge in [0.1, 0.15) is 11.5 Å². The number of ether oxygens (including phenoxy) is 3. The molecule has 172 valence electrons. The lowest BCUT2D eigenvalue weighted by molar-refractivity contribution is -0.274. The van der Waals surface area contributed by atoms with Crippen LogP contribution in [0.2, 0.25) is 5.02 Å². The van der Waals surface area contributed by atoms with E-state index >= 15 is 0 Å². The van der Waals surface area contributed by atoms with Crippen LogP contribution in [0.25, 0.3) is 22.7 Å². The van der Waals surface area contributed by atoms with Gasteiger partial charge in [0, 0.05) is 11.6 Å². The highest BCUT2D eigenvalue weighted by molar-refractivity contribution is 6.32. The van der Waals surface area contributed by atoms with Gasteiger partial charge in [-0.2, -0.15) is 9.97 Å². The zero-order valence-electron chi connectivity index (χ0n) is 17.4. The molecule has 0 spiro atoms. The van der Waals surface area contributed by atoms with Crippen LogP contribution >= 0.6 is 11.6 Å². The maximum atomic E-state index is 12.4. The van der Waals surface area contributed by atoms with Gasteiger partial charge >= 0.3 is 12.4 Å². The number of aryl methyl sites for hydroxylation is 1. The minimum atomic E-state index is -4.87. The zero-order chi connectivity index (χ0) is 23.6. The molecule has 0 radical (unpaired) electrons. The van der Waals surface area contributed by atoms with Crippen LogP contribution in [-0.2, 0) is 0 Å². The van der Waals surface area contributed by atoms with E-state index in [4.69, 9.17) is 25.5 Å². The third-order valence-electron chi connectivity index (χ3n) is 4.25. The molecule has 7 nitrogen and oxygen atoms in total. The van der Waals surface area contributed by atoms with Crippen molar-refractivity contribution in [3.63, 3.8) is 0 Å². The first kappa shape index (κ1) is 22.7. The Balaban J connectivity index is 1.68. The fraction of sp³-hybridized carbons (Fsp3) is 0.227. The number of nitrogens with zero attached hydrogens (tertiary/aromatic N) is 3. The van der Waals surface area contributed by atoms with Crippen molar-refractivity contribution in [2.45, 2.75) is 26.6 Å². The molecule has 0 unspecified atom stereocenters. The van der Waals surface area contributed by atoms with Gasteiger partial charge in [-0.3, -0.25) is 0 Å². The Morgan fingerprint density at radius 2 is 1.88 bits per heavy atom. The molecule has 0 N–H and O–H groups in total. The van der Waals surface area contributed by atoms with Crippen LogP contribution in [0.5, 0.6) is 23.4 Å². The van der Waals surface area contributed by atoms with Gasteiger partial charge in [0.2, 0.25) is 5.89 Å². The van der Waals surface area contributed by atoms with E-state index in [9.17, 15) is 13.2 Å². The molecule has 33 heavy (non-hydrogen) atoms. The topological polar surface area (TPSA) is 79.5 Å². The number of hydrogen-bond acceptors (Lipinski definition) is 7. The number of fused-ring (bicyclic) bond motifs is 1. The first-order valence-corrected chi connectivity index (χ1v) is 10.2. The Kier molecular flexibility index (Phi) is 6.28. The molecule has 0 aliphatic carbocycles. The monoisotopic (exact) mass is 479 g/mol. The number of halogens is 4. The van der Waals surface area contributed by atoms with E-state index in [-0.39, 0.29) is 28.4 Å². The largest absolute Gasteiger partial charge is 0.573 e. The van der Waals surface area contributed by atoms with Gasteiger partial charge in [0.15, 0.2) is 5.52 Å². The second-order valence-electron chi connectivity index (χ2n) is 6.94. The van der Waals surface area contributed by atoms with Crippen LogP contribution in [-0.4, -0.2) is 27.9 Å². The molecule has 0 aliphatic heterocycles. The van der Waals surface area contributed by atoms with Crippen molar-refractivity contribution in [1.82, 2.24) is 15.0 Å². The number of benzene rings is 2. The predicted molar refractivity (Wildman–Crippen MR) is 114 cm³/mol. The molecule has 0 atom stereocenters. The molecule has 4 rings (SSSR count). The maximum absolute atomic E-state index is 12.4. The summed E-state index contributed by atoms with van der Waals surface area (Å²) >= 11 is 5.88. The number of rotatable bonds is 7. The minimum Gasteiger partial charge on any atom is -0.476 e. The molecule has 0 aliphatic rings. The summed E-state index contributed by atoms with van der Waals surface area (Å²) in [6.45, 7) is 4.25. The average molecular weight is 480 g/mol. The Labute approximate surface area is 191 Å². The molecule has 0 amide bonds. The third-order valence-corrected chi connectivity index (χ3v) is 4.55. The quantitative estimate of drug-likeness (QED) is 0.291. The summed E-state index contributed by atoms with van der Waals surface area (Å²) in [4.78, 5) is 12.9. The molecule has 11 heteroatoms. The van der Waals surface area contributed by atoms with E-state index in [0.29, 0.717) is 18.0 Å². The number of oxazole rings is 1. The predicted octanol–water partition coefficient (Wildman–Crippen LogP) is 6.73. The summed E-state index contributed by atoms with van der Waals surface area (Å²) in [5.74, 6) is 0.0208. The van der Waals surface area contributed by atoms with Crippen LogP contribution in [0, 0.1) is 6.92 Å². The van der Waals surface area contributed by atoms with Crippen LogP contribution in [0.1, 0.15) is 18.9 Å². The number of hydrogen-bond donors (Lipinski definition) is 0. The normalized spacial score (nSPS) is 11.6. The van der Waals surface area contributed by atoms with Crippen LogP contribution in [0.15, 0.2) is 46.9 Å². The minimum absolute atomic E-state index is 0.0914. The van der Waals surface area contributed by atoms with E-state index in [1.165, 1.54) is 6.07 Å². The van der Waals surface area contributed by atoms with Crippen molar-refractivity contribution < 1.29 is 31.8 Å². The molecule has 0 bridgehead atoms. The summed E-state index contributed by atoms with van der Waals surface area (Å²) in [6, 6.07) is 10.9. The van der Waals surface area contributed by atoms with E-state index in [2.05, 4.69) is 19.7 Å². The summed E-state index contributed by atoms with van der Waals surface area (Å²) in [6.07, 6.45) is -4.15. The molecular weight excluding hydrogens is 463 g/mol. The third kappa shape index (κ3) is 5.46. The zero-order valence-corrected chi connectivity index (χ0v) is 18.2. The van der Waals surface area contributed by atoms with Crippen molar-refractivity contribution in [2.75, 3.05) is 6.61 Å². The Morgan fingerprint density at radius 1 is 1.06 bits per heavy atom. The van der Waals surface area contributed by atoms with Crippen molar-refractivity contribution in [3.8, 4) is 34.8 Å². The van der Waals surface area contributed by atoms with Crippen molar-refractivity contribution in [1.29, 1.82) is 0 Å². The van der Waals surface area contributed by atoms with E-state index in [1.807, 2.05) is 38.1 Å². The van der Waals surface area contributed by atoms with E-state index < -0.39 is 12.1 Å². The van der Waals surface area contributed by atoms with Crippen LogP contribution in [0.4, 0.5) is 13.2 Å². The van der Waals surface area contributed by atoms with Crippen LogP contribution in [0.3, 0.4) is 0 Å². The van der Waals surface area contributed by atoms with Gasteiger partial charge in [-0.15, -0.1) is 13.2 Å². The molecule has 2 aromatic carbocycles. The SMILES string of the molecule is CCCOc1nc(Oc2ccc(OC(F)(F)F)c(Cl)c2)nc2oc(-c3cccc(C)c3)nc12. The standard InChI is InChI=1S/C22H17ClF3N3O4/c1-3-9-30-19-17-20(32-18(27-17)13-6-4-5-12(2)10-13)29-21(28-19)31-14-7-8-16(15(23)11-14)33-22(24,25)26/h4-8,10-11H,3,9H2,1-2H3. The highest BCUT2D eigenvalue weighted by Crippen LogP contribution is 2.35. The van der Waals surface area contributed by atoms with Crippen molar-refractivity contribution in [2.24, 2.45) is 0 Å². The van der Waals surface area contributed by atoms with Crippen molar-refractivity contribution >= 4 is 22.8 Å². The molecular formula is C22H17ClF3N3O4. The highest BCUT2D eigenvalue weighted by atomic mass is 35.5. The van der Waals surface area contributed by atoms with Gasteiger partial charge in [-0.1, -0.05) is 36.2 Å². The lowest BCUT2D eigenvalue weighted by Gasteiger charge is -2.11. The number of alkyl halides is 3. The lowest BCUT2D eigenvalue weighted by Crippen LogP contribution is -2.17. The average Bonchev–Trinajstić information content (AvgIpc) is 3.17. The molecule has 2 heterocycles.